The first kappa shape index (κ1) is 9.08. The van der Waals surface area contributed by atoms with Crippen LogP contribution in [-0.4, -0.2) is 30.2 Å². The summed E-state index contributed by atoms with van der Waals surface area (Å²) in [6.45, 7) is 2.10. The van der Waals surface area contributed by atoms with Gasteiger partial charge >= 0.3 is 0 Å². The van der Waals surface area contributed by atoms with Crippen LogP contribution in [0.4, 0.5) is 0 Å². The average Bonchev–Trinajstić information content (AvgIpc) is 2.04. The number of allylic oxidation sites excluding steroid dienone is 1. The Hall–Kier alpha value is -1.01. The zero-order chi connectivity index (χ0) is 9.14. The Morgan fingerprint density at radius 1 is 1.67 bits per heavy atom. The van der Waals surface area contributed by atoms with Gasteiger partial charge in [-0.2, -0.15) is 5.26 Å². The van der Waals surface area contributed by atoms with Crippen molar-refractivity contribution in [3.05, 3.63) is 11.8 Å². The van der Waals surface area contributed by atoms with Gasteiger partial charge in [-0.15, -0.1) is 0 Å². The van der Waals surface area contributed by atoms with Crippen molar-refractivity contribution in [1.29, 1.82) is 5.26 Å². The Morgan fingerprint density at radius 2 is 2.33 bits per heavy atom. The molecule has 1 aliphatic rings. The predicted molar refractivity (Wildman–Crippen MR) is 47.9 cm³/mol. The first-order valence-electron chi connectivity index (χ1n) is 4.17. The van der Waals surface area contributed by atoms with Gasteiger partial charge in [0, 0.05) is 20.3 Å². The zero-order valence-corrected chi connectivity index (χ0v) is 7.91. The first-order chi connectivity index (χ1) is 5.65. The van der Waals surface area contributed by atoms with Crippen LogP contribution in [0.5, 0.6) is 0 Å². The quantitative estimate of drug-likeness (QED) is 0.587. The van der Waals surface area contributed by atoms with E-state index in [9.17, 15) is 0 Å². The molecular weight excluding hydrogens is 150 g/mol. The van der Waals surface area contributed by atoms with Crippen molar-refractivity contribution in [3.63, 3.8) is 0 Å². The van der Waals surface area contributed by atoms with Crippen molar-refractivity contribution < 1.29 is 0 Å². The minimum absolute atomic E-state index is 0.0173. The summed E-state index contributed by atoms with van der Waals surface area (Å²) in [6.07, 6.45) is 4.04. The molecule has 0 spiro atoms. The molecule has 3 heteroatoms. The molecular formula is C9H15N3. The van der Waals surface area contributed by atoms with Gasteiger partial charge in [0.15, 0.2) is 0 Å². The highest BCUT2D eigenvalue weighted by Crippen LogP contribution is 2.19. The van der Waals surface area contributed by atoms with Crippen molar-refractivity contribution in [1.82, 2.24) is 10.0 Å². The number of rotatable bonds is 1. The average molecular weight is 165 g/mol. The van der Waals surface area contributed by atoms with E-state index in [4.69, 9.17) is 5.26 Å². The van der Waals surface area contributed by atoms with E-state index in [1.165, 1.54) is 5.57 Å². The third-order valence-corrected chi connectivity index (χ3v) is 2.10. The summed E-state index contributed by atoms with van der Waals surface area (Å²) in [5.74, 6) is 0. The SMILES string of the molecule is CC1=CN(N(C)C)C(C#N)CC1. The molecule has 0 radical (unpaired) electrons. The summed E-state index contributed by atoms with van der Waals surface area (Å²) in [4.78, 5) is 0. The second-order valence-electron chi connectivity index (χ2n) is 3.39. The molecule has 3 nitrogen and oxygen atoms in total. The van der Waals surface area contributed by atoms with Crippen molar-refractivity contribution in [2.24, 2.45) is 0 Å². The molecule has 0 aromatic heterocycles. The summed E-state index contributed by atoms with van der Waals surface area (Å²) in [7, 11) is 3.92. The van der Waals surface area contributed by atoms with E-state index < -0.39 is 0 Å². The van der Waals surface area contributed by atoms with E-state index in [0.29, 0.717) is 0 Å². The Bertz CT molecular complexity index is 224. The molecule has 0 aromatic carbocycles. The molecule has 12 heavy (non-hydrogen) atoms. The van der Waals surface area contributed by atoms with Gasteiger partial charge in [0.05, 0.1) is 6.07 Å². The molecule has 1 heterocycles. The molecule has 0 saturated carbocycles. The number of hydrogen-bond donors (Lipinski definition) is 0. The third kappa shape index (κ3) is 1.77. The molecule has 0 saturated heterocycles. The summed E-state index contributed by atoms with van der Waals surface area (Å²) in [5, 5.41) is 12.8. The number of hydrogen-bond acceptors (Lipinski definition) is 3. The molecule has 1 atom stereocenters. The molecule has 0 fully saturated rings. The van der Waals surface area contributed by atoms with Crippen molar-refractivity contribution >= 4 is 0 Å². The number of nitriles is 1. The lowest BCUT2D eigenvalue weighted by molar-refractivity contribution is 0.0459. The van der Waals surface area contributed by atoms with Crippen LogP contribution in [0.1, 0.15) is 19.8 Å². The van der Waals surface area contributed by atoms with Crippen LogP contribution in [0.15, 0.2) is 11.8 Å². The van der Waals surface area contributed by atoms with Crippen LogP contribution in [0, 0.1) is 11.3 Å². The Balaban J connectivity index is 2.77. The second-order valence-corrected chi connectivity index (χ2v) is 3.39. The smallest absolute Gasteiger partial charge is 0.132 e. The van der Waals surface area contributed by atoms with Crippen molar-refractivity contribution in [3.8, 4) is 6.07 Å². The van der Waals surface area contributed by atoms with Gasteiger partial charge in [0.1, 0.15) is 6.04 Å². The lowest BCUT2D eigenvalue weighted by atomic mass is 10.0. The topological polar surface area (TPSA) is 30.3 Å². The fourth-order valence-corrected chi connectivity index (χ4v) is 1.39. The van der Waals surface area contributed by atoms with E-state index in [0.717, 1.165) is 12.8 Å². The van der Waals surface area contributed by atoms with Gasteiger partial charge in [0.25, 0.3) is 0 Å². The van der Waals surface area contributed by atoms with Crippen LogP contribution in [0.2, 0.25) is 0 Å². The monoisotopic (exact) mass is 165 g/mol. The van der Waals surface area contributed by atoms with Crippen LogP contribution in [0.3, 0.4) is 0 Å². The largest absolute Gasteiger partial charge is 0.296 e. The molecule has 0 aliphatic carbocycles. The fourth-order valence-electron chi connectivity index (χ4n) is 1.39. The summed E-state index contributed by atoms with van der Waals surface area (Å²) >= 11 is 0. The number of nitrogens with zero attached hydrogens (tertiary/aromatic N) is 3. The maximum absolute atomic E-state index is 8.85. The van der Waals surface area contributed by atoms with Gasteiger partial charge in [0.2, 0.25) is 0 Å². The molecule has 0 amide bonds. The Labute approximate surface area is 73.8 Å². The summed E-state index contributed by atoms with van der Waals surface area (Å²) in [5.41, 5.74) is 1.34. The molecule has 1 rings (SSSR count). The molecule has 0 bridgehead atoms. The van der Waals surface area contributed by atoms with Gasteiger partial charge < -0.3 is 0 Å². The molecule has 0 aromatic rings. The fraction of sp³-hybridized carbons (Fsp3) is 0.667. The zero-order valence-electron chi connectivity index (χ0n) is 7.91. The van der Waals surface area contributed by atoms with E-state index in [-0.39, 0.29) is 6.04 Å². The third-order valence-electron chi connectivity index (χ3n) is 2.10. The van der Waals surface area contributed by atoms with E-state index in [1.54, 1.807) is 0 Å². The molecule has 66 valence electrons. The highest BCUT2D eigenvalue weighted by atomic mass is 15.6. The summed E-state index contributed by atoms with van der Waals surface area (Å²) in [6, 6.07) is 2.31. The van der Waals surface area contributed by atoms with Crippen molar-refractivity contribution in [2.45, 2.75) is 25.8 Å². The molecule has 1 aliphatic heterocycles. The van der Waals surface area contributed by atoms with E-state index in [1.807, 2.05) is 24.1 Å². The Kier molecular flexibility index (Phi) is 2.72. The Morgan fingerprint density at radius 3 is 2.83 bits per heavy atom. The normalized spacial score (nSPS) is 23.8. The molecule has 1 unspecified atom stereocenters. The van der Waals surface area contributed by atoms with Crippen LogP contribution < -0.4 is 0 Å². The van der Waals surface area contributed by atoms with E-state index in [2.05, 4.69) is 19.2 Å². The minimum Gasteiger partial charge on any atom is -0.296 e. The highest BCUT2D eigenvalue weighted by Gasteiger charge is 2.20. The maximum Gasteiger partial charge on any atom is 0.132 e. The second kappa shape index (κ2) is 3.59. The highest BCUT2D eigenvalue weighted by molar-refractivity contribution is 5.08. The predicted octanol–water partition coefficient (Wildman–Crippen LogP) is 1.35. The van der Waals surface area contributed by atoms with Gasteiger partial charge in [-0.25, -0.2) is 5.01 Å². The molecule has 0 N–H and O–H groups in total. The lowest BCUT2D eigenvalue weighted by Gasteiger charge is -2.35. The van der Waals surface area contributed by atoms with Gasteiger partial charge in [-0.1, -0.05) is 5.57 Å². The lowest BCUT2D eigenvalue weighted by Crippen LogP contribution is -2.42. The van der Waals surface area contributed by atoms with Crippen LogP contribution in [0.25, 0.3) is 0 Å². The van der Waals surface area contributed by atoms with Gasteiger partial charge in [-0.3, -0.25) is 5.01 Å². The summed E-state index contributed by atoms with van der Waals surface area (Å²) < 4.78 is 0. The van der Waals surface area contributed by atoms with Crippen LogP contribution >= 0.6 is 0 Å². The van der Waals surface area contributed by atoms with Crippen molar-refractivity contribution in [2.75, 3.05) is 14.1 Å². The minimum atomic E-state index is 0.0173. The number of hydrazine groups is 1. The maximum atomic E-state index is 8.85. The van der Waals surface area contributed by atoms with Gasteiger partial charge in [-0.05, 0) is 19.8 Å². The first-order valence-corrected chi connectivity index (χ1v) is 4.17. The standard InChI is InChI=1S/C9H15N3/c1-8-4-5-9(6-10)12(7-8)11(2)3/h7,9H,4-5H2,1-3H3. The van der Waals surface area contributed by atoms with Crippen LogP contribution in [-0.2, 0) is 0 Å². The van der Waals surface area contributed by atoms with E-state index >= 15 is 0 Å².